The van der Waals surface area contributed by atoms with Crippen molar-refractivity contribution in [3.05, 3.63) is 16.1 Å². The van der Waals surface area contributed by atoms with Crippen LogP contribution in [-0.2, 0) is 0 Å². The highest BCUT2D eigenvalue weighted by Crippen LogP contribution is 2.29. The van der Waals surface area contributed by atoms with Gasteiger partial charge >= 0.3 is 0 Å². The first-order valence-electron chi connectivity index (χ1n) is 6.43. The van der Waals surface area contributed by atoms with Gasteiger partial charge in [-0.2, -0.15) is 0 Å². The van der Waals surface area contributed by atoms with Crippen molar-refractivity contribution in [2.45, 2.75) is 27.7 Å². The Morgan fingerprint density at radius 1 is 1.11 bits per heavy atom. The van der Waals surface area contributed by atoms with E-state index in [-0.39, 0.29) is 0 Å². The third-order valence-electron chi connectivity index (χ3n) is 3.28. The summed E-state index contributed by atoms with van der Waals surface area (Å²) in [5, 5.41) is 4.18. The molecule has 0 saturated carbocycles. The summed E-state index contributed by atoms with van der Waals surface area (Å²) in [6, 6.07) is 1.63. The minimum atomic E-state index is 0.405. The summed E-state index contributed by atoms with van der Waals surface area (Å²) in [4.78, 5) is 4.27. The molecule has 4 nitrogen and oxygen atoms in total. The lowest BCUT2D eigenvalue weighted by atomic mass is 9.85. The molecule has 0 aliphatic heterocycles. The average Bonchev–Trinajstić information content (AvgIpc) is 2.31. The highest BCUT2D eigenvalue weighted by Gasteiger charge is 2.18. The number of hydrogen-bond donors (Lipinski definition) is 3. The van der Waals surface area contributed by atoms with Gasteiger partial charge in [-0.1, -0.05) is 50.9 Å². The van der Waals surface area contributed by atoms with E-state index < -0.39 is 0 Å². The number of halogens is 2. The largest absolute Gasteiger partial charge is 0.368 e. The van der Waals surface area contributed by atoms with Crippen LogP contribution >= 0.6 is 23.2 Å². The van der Waals surface area contributed by atoms with Gasteiger partial charge < -0.3 is 10.7 Å². The van der Waals surface area contributed by atoms with Gasteiger partial charge in [-0.25, -0.2) is 10.8 Å². The summed E-state index contributed by atoms with van der Waals surface area (Å²) in [6.45, 7) is 9.69. The van der Waals surface area contributed by atoms with Crippen LogP contribution in [0.1, 0.15) is 27.7 Å². The molecular formula is C13H22Cl2N4. The van der Waals surface area contributed by atoms with Crippen LogP contribution in [0.15, 0.2) is 6.07 Å². The molecule has 0 unspecified atom stereocenters. The second-order valence-corrected chi connectivity index (χ2v) is 6.14. The Bertz CT molecular complexity index is 413. The van der Waals surface area contributed by atoms with Crippen LogP contribution in [-0.4, -0.2) is 11.5 Å². The lowest BCUT2D eigenvalue weighted by molar-refractivity contribution is 0.304. The fraction of sp³-hybridized carbons (Fsp3) is 0.615. The highest BCUT2D eigenvalue weighted by atomic mass is 35.5. The van der Waals surface area contributed by atoms with E-state index in [2.05, 4.69) is 43.4 Å². The van der Waals surface area contributed by atoms with Crippen LogP contribution in [0.2, 0.25) is 10.0 Å². The van der Waals surface area contributed by atoms with Crippen LogP contribution in [0, 0.1) is 17.8 Å². The first kappa shape index (κ1) is 16.3. The standard InChI is InChI=1S/C13H22Cl2N4/c1-7(2)9(8(3)4)6-17-12-10(14)5-11(15)13(18-12)19-16/h5,7-9H,6,16H2,1-4H3,(H2,17,18,19). The molecule has 4 N–H and O–H groups in total. The van der Waals surface area contributed by atoms with E-state index in [1.54, 1.807) is 6.07 Å². The van der Waals surface area contributed by atoms with E-state index in [1.165, 1.54) is 0 Å². The van der Waals surface area contributed by atoms with Crippen LogP contribution in [0.5, 0.6) is 0 Å². The second-order valence-electron chi connectivity index (χ2n) is 5.33. The summed E-state index contributed by atoms with van der Waals surface area (Å²) >= 11 is 12.1. The van der Waals surface area contributed by atoms with Gasteiger partial charge in [0.25, 0.3) is 0 Å². The van der Waals surface area contributed by atoms with Gasteiger partial charge in [0.15, 0.2) is 5.82 Å². The summed E-state index contributed by atoms with van der Waals surface area (Å²) in [7, 11) is 0. The Labute approximate surface area is 125 Å². The second kappa shape index (κ2) is 7.17. The van der Waals surface area contributed by atoms with Gasteiger partial charge in [0, 0.05) is 6.54 Å². The van der Waals surface area contributed by atoms with Crippen molar-refractivity contribution in [2.24, 2.45) is 23.6 Å². The molecule has 0 aliphatic carbocycles. The Morgan fingerprint density at radius 3 is 2.11 bits per heavy atom. The van der Waals surface area contributed by atoms with E-state index in [9.17, 15) is 0 Å². The van der Waals surface area contributed by atoms with E-state index in [4.69, 9.17) is 29.0 Å². The van der Waals surface area contributed by atoms with Gasteiger partial charge in [-0.3, -0.25) is 0 Å². The van der Waals surface area contributed by atoms with Crippen molar-refractivity contribution in [3.63, 3.8) is 0 Å². The number of pyridine rings is 1. The minimum absolute atomic E-state index is 0.405. The first-order chi connectivity index (χ1) is 8.86. The summed E-state index contributed by atoms with van der Waals surface area (Å²) in [6.07, 6.45) is 0. The molecule has 1 rings (SSSR count). The zero-order chi connectivity index (χ0) is 14.6. The average molecular weight is 305 g/mol. The van der Waals surface area contributed by atoms with E-state index >= 15 is 0 Å². The molecule has 0 aliphatic rings. The predicted octanol–water partition coefficient (Wildman–Crippen LogP) is 4.01. The number of aromatic nitrogens is 1. The van der Waals surface area contributed by atoms with E-state index in [1.807, 2.05) is 0 Å². The van der Waals surface area contributed by atoms with Crippen molar-refractivity contribution in [2.75, 3.05) is 17.3 Å². The van der Waals surface area contributed by atoms with Crippen molar-refractivity contribution in [1.82, 2.24) is 4.98 Å². The Hall–Kier alpha value is -0.710. The quantitative estimate of drug-likeness (QED) is 0.549. The summed E-state index contributed by atoms with van der Waals surface area (Å²) < 4.78 is 0. The summed E-state index contributed by atoms with van der Waals surface area (Å²) in [5.41, 5.74) is 2.45. The van der Waals surface area contributed by atoms with Crippen LogP contribution < -0.4 is 16.6 Å². The molecule has 19 heavy (non-hydrogen) atoms. The topological polar surface area (TPSA) is 63.0 Å². The Kier molecular flexibility index (Phi) is 6.17. The third-order valence-corrected chi connectivity index (χ3v) is 3.86. The van der Waals surface area contributed by atoms with Gasteiger partial charge in [-0.15, -0.1) is 0 Å². The maximum atomic E-state index is 6.12. The molecule has 0 radical (unpaired) electrons. The Morgan fingerprint density at radius 2 is 1.63 bits per heavy atom. The maximum absolute atomic E-state index is 6.12. The van der Waals surface area contributed by atoms with Crippen LogP contribution in [0.3, 0.4) is 0 Å². The molecule has 0 aromatic carbocycles. The Balaban J connectivity index is 2.82. The number of nitrogens with zero attached hydrogens (tertiary/aromatic N) is 1. The summed E-state index contributed by atoms with van der Waals surface area (Å²) in [5.74, 6) is 8.09. The fourth-order valence-corrected chi connectivity index (χ4v) is 2.63. The number of nitrogen functional groups attached to an aromatic ring is 1. The van der Waals surface area contributed by atoms with Gasteiger partial charge in [-0.05, 0) is 23.8 Å². The molecule has 6 heteroatoms. The molecule has 1 heterocycles. The number of hydrogen-bond acceptors (Lipinski definition) is 4. The number of nitrogens with two attached hydrogens (primary N) is 1. The highest BCUT2D eigenvalue weighted by molar-refractivity contribution is 6.37. The molecule has 0 atom stereocenters. The number of hydrazine groups is 1. The first-order valence-corrected chi connectivity index (χ1v) is 7.19. The zero-order valence-electron chi connectivity index (χ0n) is 11.8. The minimum Gasteiger partial charge on any atom is -0.368 e. The van der Waals surface area contributed by atoms with Crippen molar-refractivity contribution in [3.8, 4) is 0 Å². The molecule has 0 fully saturated rings. The number of rotatable bonds is 6. The lowest BCUT2D eigenvalue weighted by Crippen LogP contribution is -2.25. The molecule has 108 valence electrons. The number of anilines is 2. The van der Waals surface area contributed by atoms with Crippen molar-refractivity contribution < 1.29 is 0 Å². The van der Waals surface area contributed by atoms with Crippen molar-refractivity contribution >= 4 is 34.8 Å². The molecule has 0 spiro atoms. The predicted molar refractivity (Wildman–Crippen MR) is 83.7 cm³/mol. The smallest absolute Gasteiger partial charge is 0.161 e. The third kappa shape index (κ3) is 4.41. The normalized spacial score (nSPS) is 11.5. The zero-order valence-corrected chi connectivity index (χ0v) is 13.3. The monoisotopic (exact) mass is 304 g/mol. The maximum Gasteiger partial charge on any atom is 0.161 e. The number of nitrogens with one attached hydrogen (secondary N) is 2. The van der Waals surface area contributed by atoms with Crippen LogP contribution in [0.4, 0.5) is 11.6 Å². The molecule has 1 aromatic rings. The molecule has 0 bridgehead atoms. The molecule has 1 aromatic heterocycles. The SMILES string of the molecule is CC(C)C(CNc1nc(NN)c(Cl)cc1Cl)C(C)C. The molecular weight excluding hydrogens is 283 g/mol. The van der Waals surface area contributed by atoms with E-state index in [0.717, 1.165) is 6.54 Å². The fourth-order valence-electron chi connectivity index (χ4n) is 2.15. The van der Waals surface area contributed by atoms with Crippen LogP contribution in [0.25, 0.3) is 0 Å². The van der Waals surface area contributed by atoms with E-state index in [0.29, 0.717) is 39.4 Å². The molecule has 0 saturated heterocycles. The van der Waals surface area contributed by atoms with Gasteiger partial charge in [0.05, 0.1) is 10.0 Å². The van der Waals surface area contributed by atoms with Gasteiger partial charge in [0.1, 0.15) is 5.82 Å². The van der Waals surface area contributed by atoms with Gasteiger partial charge in [0.2, 0.25) is 0 Å². The molecule has 0 amide bonds. The van der Waals surface area contributed by atoms with Crippen molar-refractivity contribution in [1.29, 1.82) is 0 Å². The lowest BCUT2D eigenvalue weighted by Gasteiger charge is -2.25.